The number of hydrogen-bond donors (Lipinski definition) is 1. The average molecular weight is 236 g/mol. The molecule has 0 bridgehead atoms. The Kier molecular flexibility index (Phi) is 4.04. The summed E-state index contributed by atoms with van der Waals surface area (Å²) in [6.07, 6.45) is 1.50. The third-order valence-corrected chi connectivity index (χ3v) is 2.52. The molecule has 0 spiro atoms. The molecule has 0 aliphatic carbocycles. The van der Waals surface area contributed by atoms with Gasteiger partial charge in [-0.25, -0.2) is 9.97 Å². The highest BCUT2D eigenvalue weighted by Gasteiger charge is 2.18. The summed E-state index contributed by atoms with van der Waals surface area (Å²) >= 11 is 0. The summed E-state index contributed by atoms with van der Waals surface area (Å²) in [5, 5.41) is 2.96. The predicted molar refractivity (Wildman–Crippen MR) is 69.4 cm³/mol. The van der Waals surface area contributed by atoms with Gasteiger partial charge >= 0.3 is 0 Å². The zero-order chi connectivity index (χ0) is 13.1. The number of anilines is 2. The number of aromatic nitrogens is 2. The number of ketones is 1. The first kappa shape index (κ1) is 13.4. The third-order valence-electron chi connectivity index (χ3n) is 2.52. The smallest absolute Gasteiger partial charge is 0.148 e. The second-order valence-corrected chi connectivity index (χ2v) is 5.05. The molecule has 1 aromatic rings. The van der Waals surface area contributed by atoms with Crippen molar-refractivity contribution in [3.8, 4) is 0 Å². The van der Waals surface area contributed by atoms with Gasteiger partial charge in [0.1, 0.15) is 23.7 Å². The fourth-order valence-electron chi connectivity index (χ4n) is 1.19. The van der Waals surface area contributed by atoms with E-state index >= 15 is 0 Å². The molecule has 0 fully saturated rings. The molecule has 5 nitrogen and oxygen atoms in total. The van der Waals surface area contributed by atoms with Crippen molar-refractivity contribution in [2.75, 3.05) is 23.8 Å². The van der Waals surface area contributed by atoms with Gasteiger partial charge in [0.05, 0.1) is 6.54 Å². The Balaban J connectivity index is 2.82. The van der Waals surface area contributed by atoms with Gasteiger partial charge in [-0.3, -0.25) is 4.79 Å². The van der Waals surface area contributed by atoms with Crippen molar-refractivity contribution >= 4 is 17.4 Å². The number of rotatable bonds is 4. The molecular weight excluding hydrogens is 216 g/mol. The molecule has 0 radical (unpaired) electrons. The van der Waals surface area contributed by atoms with Crippen LogP contribution in [0.15, 0.2) is 12.4 Å². The molecule has 0 aliphatic rings. The van der Waals surface area contributed by atoms with Crippen molar-refractivity contribution in [2.24, 2.45) is 0 Å². The van der Waals surface area contributed by atoms with E-state index in [0.717, 1.165) is 5.82 Å². The van der Waals surface area contributed by atoms with E-state index in [1.165, 1.54) is 13.3 Å². The normalized spacial score (nSPS) is 11.1. The maximum Gasteiger partial charge on any atom is 0.148 e. The first-order chi connectivity index (χ1) is 7.80. The molecule has 94 valence electrons. The van der Waals surface area contributed by atoms with Gasteiger partial charge in [0.2, 0.25) is 0 Å². The Morgan fingerprint density at radius 2 is 2.06 bits per heavy atom. The highest BCUT2D eigenvalue weighted by Crippen LogP contribution is 2.20. The lowest BCUT2D eigenvalue weighted by atomic mass is 10.1. The molecule has 1 aromatic heterocycles. The topological polar surface area (TPSA) is 58.1 Å². The monoisotopic (exact) mass is 236 g/mol. The van der Waals surface area contributed by atoms with E-state index in [-0.39, 0.29) is 17.9 Å². The number of carbonyl (C=O) groups is 1. The first-order valence-electron chi connectivity index (χ1n) is 5.60. The molecule has 1 N–H and O–H groups in total. The highest BCUT2D eigenvalue weighted by molar-refractivity contribution is 5.80. The lowest BCUT2D eigenvalue weighted by Gasteiger charge is -2.33. The van der Waals surface area contributed by atoms with Crippen molar-refractivity contribution in [2.45, 2.75) is 33.2 Å². The minimum atomic E-state index is -0.00774. The largest absolute Gasteiger partial charge is 0.363 e. The molecule has 17 heavy (non-hydrogen) atoms. The van der Waals surface area contributed by atoms with Crippen molar-refractivity contribution in [3.63, 3.8) is 0 Å². The van der Waals surface area contributed by atoms with Gasteiger partial charge in [-0.1, -0.05) is 0 Å². The van der Waals surface area contributed by atoms with E-state index in [9.17, 15) is 4.79 Å². The Bertz CT molecular complexity index is 398. The summed E-state index contributed by atoms with van der Waals surface area (Å²) in [5.74, 6) is 1.58. The van der Waals surface area contributed by atoms with Gasteiger partial charge in [-0.15, -0.1) is 0 Å². The summed E-state index contributed by atoms with van der Waals surface area (Å²) in [4.78, 5) is 21.2. The van der Waals surface area contributed by atoms with Crippen LogP contribution in [0.25, 0.3) is 0 Å². The Morgan fingerprint density at radius 1 is 1.41 bits per heavy atom. The van der Waals surface area contributed by atoms with Crippen LogP contribution in [0.1, 0.15) is 27.7 Å². The van der Waals surface area contributed by atoms with E-state index < -0.39 is 0 Å². The lowest BCUT2D eigenvalue weighted by molar-refractivity contribution is -0.115. The van der Waals surface area contributed by atoms with Crippen LogP contribution in [0.4, 0.5) is 11.6 Å². The highest BCUT2D eigenvalue weighted by atomic mass is 16.1. The van der Waals surface area contributed by atoms with Gasteiger partial charge in [0, 0.05) is 18.7 Å². The predicted octanol–water partition coefficient (Wildman–Crippen LogP) is 1.71. The van der Waals surface area contributed by atoms with Crippen LogP contribution in [-0.4, -0.2) is 34.9 Å². The molecule has 1 rings (SSSR count). The van der Waals surface area contributed by atoms with Crippen LogP contribution in [0.2, 0.25) is 0 Å². The quantitative estimate of drug-likeness (QED) is 0.862. The summed E-state index contributed by atoms with van der Waals surface area (Å²) in [6, 6.07) is 1.84. The van der Waals surface area contributed by atoms with Crippen molar-refractivity contribution in [1.29, 1.82) is 0 Å². The van der Waals surface area contributed by atoms with Crippen LogP contribution >= 0.6 is 0 Å². The minimum absolute atomic E-state index is 0.00774. The Morgan fingerprint density at radius 3 is 2.59 bits per heavy atom. The fourth-order valence-corrected chi connectivity index (χ4v) is 1.19. The molecule has 0 saturated carbocycles. The second kappa shape index (κ2) is 5.12. The Labute approximate surface area is 102 Å². The summed E-state index contributed by atoms with van der Waals surface area (Å²) < 4.78 is 0. The molecule has 0 aromatic carbocycles. The molecular formula is C12H20N4O. The van der Waals surface area contributed by atoms with E-state index in [2.05, 4.69) is 41.0 Å². The summed E-state index contributed by atoms with van der Waals surface area (Å²) in [5.41, 5.74) is -0.00774. The number of nitrogens with zero attached hydrogens (tertiary/aromatic N) is 3. The number of hydrogen-bond acceptors (Lipinski definition) is 5. The van der Waals surface area contributed by atoms with Gasteiger partial charge in [0.25, 0.3) is 0 Å². The van der Waals surface area contributed by atoms with Crippen molar-refractivity contribution in [3.05, 3.63) is 12.4 Å². The third kappa shape index (κ3) is 4.01. The van der Waals surface area contributed by atoms with Gasteiger partial charge in [-0.05, 0) is 27.7 Å². The molecule has 0 saturated heterocycles. The standard InChI is InChI=1S/C12H20N4O/c1-9(17)7-13-10-6-11(15-8-14-10)16(5)12(2,3)4/h6,8H,7H2,1-5H3,(H,13,14,15). The van der Waals surface area contributed by atoms with E-state index in [4.69, 9.17) is 0 Å². The zero-order valence-electron chi connectivity index (χ0n) is 11.1. The summed E-state index contributed by atoms with van der Waals surface area (Å²) in [6.45, 7) is 8.15. The maximum absolute atomic E-state index is 10.9. The minimum Gasteiger partial charge on any atom is -0.363 e. The van der Waals surface area contributed by atoms with Crippen LogP contribution < -0.4 is 10.2 Å². The van der Waals surface area contributed by atoms with E-state index in [1.807, 2.05) is 13.1 Å². The van der Waals surface area contributed by atoms with E-state index in [1.54, 1.807) is 0 Å². The number of Topliss-reactive ketones (excluding diaryl/α,β-unsaturated/α-hetero) is 1. The maximum atomic E-state index is 10.9. The molecule has 0 unspecified atom stereocenters. The SMILES string of the molecule is CC(=O)CNc1cc(N(C)C(C)(C)C)ncn1. The molecule has 0 atom stereocenters. The van der Waals surface area contributed by atoms with Crippen LogP contribution in [0.5, 0.6) is 0 Å². The Hall–Kier alpha value is -1.65. The number of carbonyl (C=O) groups excluding carboxylic acids is 1. The second-order valence-electron chi connectivity index (χ2n) is 5.05. The zero-order valence-corrected chi connectivity index (χ0v) is 11.1. The van der Waals surface area contributed by atoms with Crippen molar-refractivity contribution < 1.29 is 4.79 Å². The van der Waals surface area contributed by atoms with Crippen LogP contribution in [0, 0.1) is 0 Å². The van der Waals surface area contributed by atoms with Gasteiger partial charge in [-0.2, -0.15) is 0 Å². The molecule has 5 heteroatoms. The van der Waals surface area contributed by atoms with Crippen molar-refractivity contribution in [1.82, 2.24) is 9.97 Å². The number of nitrogens with one attached hydrogen (secondary N) is 1. The van der Waals surface area contributed by atoms with Gasteiger partial charge < -0.3 is 10.2 Å². The first-order valence-corrected chi connectivity index (χ1v) is 5.60. The van der Waals surface area contributed by atoms with E-state index in [0.29, 0.717) is 5.82 Å². The average Bonchev–Trinajstić information content (AvgIpc) is 2.24. The van der Waals surface area contributed by atoms with Crippen LogP contribution in [0.3, 0.4) is 0 Å². The fraction of sp³-hybridized carbons (Fsp3) is 0.583. The lowest BCUT2D eigenvalue weighted by Crippen LogP contribution is -2.38. The summed E-state index contributed by atoms with van der Waals surface area (Å²) in [7, 11) is 1.98. The van der Waals surface area contributed by atoms with Gasteiger partial charge in [0.15, 0.2) is 0 Å². The molecule has 0 amide bonds. The van der Waals surface area contributed by atoms with Crippen LogP contribution in [-0.2, 0) is 4.79 Å². The molecule has 1 heterocycles. The molecule has 0 aliphatic heterocycles.